The molecule has 3 nitrogen and oxygen atoms in total. The summed E-state index contributed by atoms with van der Waals surface area (Å²) in [6.45, 7) is 1.63. The van der Waals surface area contributed by atoms with Crippen molar-refractivity contribution in [1.82, 2.24) is 4.31 Å². The summed E-state index contributed by atoms with van der Waals surface area (Å²) in [5, 5.41) is 0. The van der Waals surface area contributed by atoms with E-state index >= 15 is 0 Å². The van der Waals surface area contributed by atoms with E-state index in [1.165, 1.54) is 24.8 Å². The van der Waals surface area contributed by atoms with Crippen molar-refractivity contribution >= 4 is 11.3 Å². The third-order valence-electron chi connectivity index (χ3n) is 3.90. The molecule has 0 bridgehead atoms. The summed E-state index contributed by atoms with van der Waals surface area (Å²) in [6.07, 6.45) is 5.03. The smallest absolute Gasteiger partial charge is 0.237 e. The number of benzene rings is 1. The summed E-state index contributed by atoms with van der Waals surface area (Å²) < 4.78 is 19.7. The van der Waals surface area contributed by atoms with E-state index in [9.17, 15) is 4.21 Å². The molecule has 1 aromatic rings. The second kappa shape index (κ2) is 5.51. The Morgan fingerprint density at radius 1 is 1.22 bits per heavy atom. The number of hydrogen-bond acceptors (Lipinski definition) is 2. The molecule has 1 aliphatic carbocycles. The van der Waals surface area contributed by atoms with Gasteiger partial charge in [-0.05, 0) is 18.4 Å². The predicted molar refractivity (Wildman–Crippen MR) is 71.8 cm³/mol. The maximum absolute atomic E-state index is 12.1. The zero-order chi connectivity index (χ0) is 12.4. The first kappa shape index (κ1) is 12.3. The molecule has 4 heteroatoms. The number of fused-ring (bicyclic) bond motifs is 1. The average Bonchev–Trinajstić information content (AvgIpc) is 2.41. The first-order valence-corrected chi connectivity index (χ1v) is 7.74. The molecular weight excluding hydrogens is 246 g/mol. The Labute approximate surface area is 111 Å². The van der Waals surface area contributed by atoms with Gasteiger partial charge in [0, 0.05) is 19.0 Å². The van der Waals surface area contributed by atoms with Crippen LogP contribution in [-0.2, 0) is 22.0 Å². The van der Waals surface area contributed by atoms with Crippen molar-refractivity contribution in [2.45, 2.75) is 38.3 Å². The van der Waals surface area contributed by atoms with Crippen LogP contribution in [0.5, 0.6) is 0 Å². The van der Waals surface area contributed by atoms with Crippen molar-refractivity contribution in [2.75, 3.05) is 6.54 Å². The van der Waals surface area contributed by atoms with Crippen LogP contribution in [0.15, 0.2) is 30.3 Å². The first-order valence-electron chi connectivity index (χ1n) is 6.71. The second-order valence-electron chi connectivity index (χ2n) is 5.20. The van der Waals surface area contributed by atoms with E-state index in [0.717, 1.165) is 19.5 Å². The molecule has 0 amide bonds. The highest BCUT2D eigenvalue weighted by Gasteiger charge is 2.36. The lowest BCUT2D eigenvalue weighted by Gasteiger charge is -2.39. The van der Waals surface area contributed by atoms with Gasteiger partial charge >= 0.3 is 0 Å². The lowest BCUT2D eigenvalue weighted by Crippen LogP contribution is -2.46. The molecule has 1 heterocycles. The van der Waals surface area contributed by atoms with Crippen LogP contribution in [0.2, 0.25) is 0 Å². The lowest BCUT2D eigenvalue weighted by molar-refractivity contribution is 0.0557. The summed E-state index contributed by atoms with van der Waals surface area (Å²) in [4.78, 5) is 0. The minimum atomic E-state index is -1.26. The normalized spacial score (nSPS) is 33.0. The van der Waals surface area contributed by atoms with Gasteiger partial charge in [0.25, 0.3) is 0 Å². The Morgan fingerprint density at radius 2 is 2.00 bits per heavy atom. The fourth-order valence-corrected chi connectivity index (χ4v) is 4.06. The van der Waals surface area contributed by atoms with Gasteiger partial charge in [0.2, 0.25) is 11.3 Å². The Bertz CT molecular complexity index is 423. The molecule has 0 radical (unpaired) electrons. The van der Waals surface area contributed by atoms with Crippen molar-refractivity contribution in [3.05, 3.63) is 35.9 Å². The molecule has 1 saturated carbocycles. The molecule has 0 spiro atoms. The molecule has 2 fully saturated rings. The van der Waals surface area contributed by atoms with Crippen molar-refractivity contribution in [3.63, 3.8) is 0 Å². The second-order valence-corrected chi connectivity index (χ2v) is 6.35. The highest BCUT2D eigenvalue weighted by molar-refractivity contribution is 7.77. The van der Waals surface area contributed by atoms with Gasteiger partial charge in [-0.2, -0.15) is 4.31 Å². The van der Waals surface area contributed by atoms with Crippen LogP contribution < -0.4 is 0 Å². The minimum Gasteiger partial charge on any atom is -0.274 e. The van der Waals surface area contributed by atoms with Gasteiger partial charge in [0.1, 0.15) is 0 Å². The Kier molecular flexibility index (Phi) is 3.77. The third kappa shape index (κ3) is 2.66. The van der Waals surface area contributed by atoms with Gasteiger partial charge in [-0.1, -0.05) is 43.2 Å². The number of rotatable bonds is 2. The van der Waals surface area contributed by atoms with E-state index in [1.807, 2.05) is 22.5 Å². The average molecular weight is 265 g/mol. The van der Waals surface area contributed by atoms with Crippen LogP contribution in [0.25, 0.3) is 0 Å². The van der Waals surface area contributed by atoms with Crippen LogP contribution in [0.4, 0.5) is 0 Å². The van der Waals surface area contributed by atoms with Gasteiger partial charge in [-0.3, -0.25) is 4.18 Å². The summed E-state index contributed by atoms with van der Waals surface area (Å²) in [5.41, 5.74) is 1.20. The minimum absolute atomic E-state index is 0.228. The monoisotopic (exact) mass is 265 g/mol. The first-order chi connectivity index (χ1) is 8.83. The quantitative estimate of drug-likeness (QED) is 0.822. The van der Waals surface area contributed by atoms with E-state index < -0.39 is 11.3 Å². The summed E-state index contributed by atoms with van der Waals surface area (Å²) in [5.74, 6) is 0.570. The summed E-state index contributed by atoms with van der Waals surface area (Å²) in [6, 6.07) is 10.2. The van der Waals surface area contributed by atoms with Crippen molar-refractivity contribution in [1.29, 1.82) is 0 Å². The molecule has 0 N–H and O–H groups in total. The molecule has 18 heavy (non-hydrogen) atoms. The van der Waals surface area contributed by atoms with Gasteiger partial charge in [-0.15, -0.1) is 0 Å². The van der Waals surface area contributed by atoms with Crippen molar-refractivity contribution in [3.8, 4) is 0 Å². The lowest BCUT2D eigenvalue weighted by atomic mass is 9.86. The fraction of sp³-hybridized carbons (Fsp3) is 0.571. The zero-order valence-electron chi connectivity index (χ0n) is 10.5. The fourth-order valence-electron chi connectivity index (χ4n) is 2.90. The van der Waals surface area contributed by atoms with Crippen molar-refractivity contribution in [2.24, 2.45) is 5.92 Å². The van der Waals surface area contributed by atoms with Crippen LogP contribution in [0, 0.1) is 5.92 Å². The molecule has 1 aromatic carbocycles. The molecule has 1 aliphatic heterocycles. The van der Waals surface area contributed by atoms with Crippen LogP contribution in [-0.4, -0.2) is 21.2 Å². The predicted octanol–water partition coefficient (Wildman–Crippen LogP) is 2.66. The maximum Gasteiger partial charge on any atom is 0.237 e. The van der Waals surface area contributed by atoms with Gasteiger partial charge in [-0.25, -0.2) is 4.21 Å². The van der Waals surface area contributed by atoms with Crippen molar-refractivity contribution < 1.29 is 8.39 Å². The van der Waals surface area contributed by atoms with Crippen LogP contribution in [0.1, 0.15) is 31.2 Å². The topological polar surface area (TPSA) is 29.5 Å². The largest absolute Gasteiger partial charge is 0.274 e. The van der Waals surface area contributed by atoms with Crippen LogP contribution >= 0.6 is 0 Å². The molecule has 0 aromatic heterocycles. The number of nitrogens with zero attached hydrogens (tertiary/aromatic N) is 1. The Morgan fingerprint density at radius 3 is 2.83 bits per heavy atom. The summed E-state index contributed by atoms with van der Waals surface area (Å²) in [7, 11) is 0. The molecule has 3 rings (SSSR count). The van der Waals surface area contributed by atoms with E-state index in [0.29, 0.717) is 5.92 Å². The van der Waals surface area contributed by atoms with E-state index in [4.69, 9.17) is 4.18 Å². The van der Waals surface area contributed by atoms with E-state index in [2.05, 4.69) is 12.1 Å². The molecular formula is C14H19NO2S. The Balaban J connectivity index is 1.67. The van der Waals surface area contributed by atoms with E-state index in [-0.39, 0.29) is 6.10 Å². The third-order valence-corrected chi connectivity index (χ3v) is 5.01. The SMILES string of the molecule is O=S1O[C@H]2CCCC[C@@H]2CN1Cc1ccccc1. The highest BCUT2D eigenvalue weighted by Crippen LogP contribution is 2.32. The van der Waals surface area contributed by atoms with Crippen LogP contribution in [0.3, 0.4) is 0 Å². The molecule has 1 unspecified atom stereocenters. The van der Waals surface area contributed by atoms with Gasteiger partial charge in [0.15, 0.2) is 0 Å². The Hall–Kier alpha value is -0.710. The zero-order valence-corrected chi connectivity index (χ0v) is 11.3. The number of hydrogen-bond donors (Lipinski definition) is 0. The molecule has 2 aliphatic rings. The molecule has 1 saturated heterocycles. The van der Waals surface area contributed by atoms with E-state index in [1.54, 1.807) is 0 Å². The molecule has 3 atom stereocenters. The highest BCUT2D eigenvalue weighted by atomic mass is 32.2. The standard InChI is InChI=1S/C14H19NO2S/c16-18-15(10-12-6-2-1-3-7-12)11-13-8-4-5-9-14(13)17-18/h1-3,6-7,13-14H,4-5,8-11H2/t13-,14+,18?/m1/s1. The summed E-state index contributed by atoms with van der Waals surface area (Å²) >= 11 is -1.26. The molecule has 98 valence electrons. The maximum atomic E-state index is 12.1. The van der Waals surface area contributed by atoms with Gasteiger partial charge in [0.05, 0.1) is 6.10 Å². The van der Waals surface area contributed by atoms with Gasteiger partial charge < -0.3 is 0 Å².